The van der Waals surface area contributed by atoms with Crippen LogP contribution in [0.25, 0.3) is 11.1 Å². The van der Waals surface area contributed by atoms with Crippen molar-refractivity contribution in [1.82, 2.24) is 20.4 Å². The molecule has 1 aromatic heterocycles. The molecule has 1 atom stereocenters. The molecule has 2 N–H and O–H groups in total. The summed E-state index contributed by atoms with van der Waals surface area (Å²) in [6.45, 7) is 2.67. The van der Waals surface area contributed by atoms with E-state index < -0.39 is 5.54 Å². The van der Waals surface area contributed by atoms with E-state index in [1.807, 2.05) is 48.7 Å². The van der Waals surface area contributed by atoms with E-state index >= 15 is 0 Å². The number of ether oxygens (including phenoxy) is 1. The summed E-state index contributed by atoms with van der Waals surface area (Å²) in [4.78, 5) is 29.8. The lowest BCUT2D eigenvalue weighted by molar-refractivity contribution is -0.130. The third kappa shape index (κ3) is 3.50. The first-order valence-electron chi connectivity index (χ1n) is 10.0. The molecule has 1 saturated heterocycles. The van der Waals surface area contributed by atoms with Gasteiger partial charge in [-0.2, -0.15) is 5.10 Å². The normalized spacial score (nSPS) is 15.6. The van der Waals surface area contributed by atoms with Crippen LogP contribution < -0.4 is 15.0 Å². The Hall–Kier alpha value is -3.81. The smallest absolute Gasteiger partial charge is 0.325 e. The van der Waals surface area contributed by atoms with E-state index in [1.165, 1.54) is 0 Å². The molecule has 3 amide bonds. The van der Waals surface area contributed by atoms with E-state index in [1.54, 1.807) is 43.1 Å². The van der Waals surface area contributed by atoms with Gasteiger partial charge in [0.25, 0.3) is 0 Å². The number of likely N-dealkylation sites (N-methyl/N-ethyl adjacent to an activating group) is 1. The summed E-state index contributed by atoms with van der Waals surface area (Å²) < 4.78 is 5.33. The van der Waals surface area contributed by atoms with Crippen LogP contribution >= 0.6 is 0 Å². The number of nitrogens with one attached hydrogen (secondary N) is 2. The number of methoxy groups -OCH3 is 1. The van der Waals surface area contributed by atoms with E-state index in [0.717, 1.165) is 16.8 Å². The Bertz CT molecular complexity index is 1080. The molecule has 1 aliphatic heterocycles. The Morgan fingerprint density at radius 2 is 1.94 bits per heavy atom. The van der Waals surface area contributed by atoms with Gasteiger partial charge in [0.2, 0.25) is 5.91 Å². The van der Waals surface area contributed by atoms with Gasteiger partial charge in [-0.05, 0) is 42.3 Å². The Morgan fingerprint density at radius 1 is 1.16 bits per heavy atom. The summed E-state index contributed by atoms with van der Waals surface area (Å²) >= 11 is 0. The van der Waals surface area contributed by atoms with Crippen molar-refractivity contribution < 1.29 is 14.3 Å². The Labute approximate surface area is 180 Å². The first-order valence-corrected chi connectivity index (χ1v) is 10.0. The van der Waals surface area contributed by atoms with Crippen molar-refractivity contribution in [3.05, 3.63) is 66.5 Å². The second-order valence-corrected chi connectivity index (χ2v) is 7.50. The topological polar surface area (TPSA) is 90.6 Å². The number of hydrogen-bond acceptors (Lipinski definition) is 4. The van der Waals surface area contributed by atoms with Crippen molar-refractivity contribution in [1.29, 1.82) is 0 Å². The summed E-state index contributed by atoms with van der Waals surface area (Å²) in [5.74, 6) is 0.372. The molecule has 0 spiro atoms. The predicted octanol–water partition coefficient (Wildman–Crippen LogP) is 2.99. The van der Waals surface area contributed by atoms with Crippen LogP contribution in [0.1, 0.15) is 12.5 Å². The molecule has 0 aliphatic carbocycles. The molecule has 8 nitrogen and oxygen atoms in total. The zero-order valence-electron chi connectivity index (χ0n) is 17.8. The van der Waals surface area contributed by atoms with Crippen LogP contribution in [0.15, 0.2) is 60.9 Å². The first kappa shape index (κ1) is 20.5. The Kier molecular flexibility index (Phi) is 5.37. The van der Waals surface area contributed by atoms with Gasteiger partial charge in [-0.15, -0.1) is 0 Å². The fourth-order valence-electron chi connectivity index (χ4n) is 4.01. The lowest BCUT2D eigenvalue weighted by Gasteiger charge is -2.37. The quantitative estimate of drug-likeness (QED) is 0.643. The van der Waals surface area contributed by atoms with E-state index in [4.69, 9.17) is 4.74 Å². The fraction of sp³-hybridized carbons (Fsp3) is 0.261. The molecule has 2 heterocycles. The standard InChI is InChI=1S/C23H25N5O3/c1-23(21(29)24-2,18-5-4-6-20(13-18)31-3)28-12-11-27(22(28)30)19-9-7-16(8-10-19)17-14-25-26-15-17/h4-10,13-15H,11-12H2,1-3H3,(H,24,29)(H,25,26). The summed E-state index contributed by atoms with van der Waals surface area (Å²) in [5.41, 5.74) is 2.28. The summed E-state index contributed by atoms with van der Waals surface area (Å²) in [7, 11) is 3.15. The van der Waals surface area contributed by atoms with Gasteiger partial charge < -0.3 is 15.0 Å². The maximum absolute atomic E-state index is 13.4. The maximum atomic E-state index is 13.4. The van der Waals surface area contributed by atoms with Crippen LogP contribution in [0.3, 0.4) is 0 Å². The predicted molar refractivity (Wildman–Crippen MR) is 118 cm³/mol. The number of nitrogens with zero attached hydrogens (tertiary/aromatic N) is 3. The number of H-pyrrole nitrogens is 1. The number of benzene rings is 2. The van der Waals surface area contributed by atoms with E-state index in [-0.39, 0.29) is 11.9 Å². The number of urea groups is 1. The van der Waals surface area contributed by atoms with Crippen molar-refractivity contribution in [2.45, 2.75) is 12.5 Å². The van der Waals surface area contributed by atoms with Crippen LogP contribution in [0.5, 0.6) is 5.75 Å². The third-order valence-electron chi connectivity index (χ3n) is 5.86. The van der Waals surface area contributed by atoms with E-state index in [2.05, 4.69) is 15.5 Å². The number of carbonyl (C=O) groups excluding carboxylic acids is 2. The molecule has 1 aliphatic rings. The third-order valence-corrected chi connectivity index (χ3v) is 5.86. The summed E-state index contributed by atoms with van der Waals surface area (Å²) in [6.07, 6.45) is 3.57. The highest BCUT2D eigenvalue weighted by Crippen LogP contribution is 2.35. The van der Waals surface area contributed by atoms with Crippen LogP contribution in [0.2, 0.25) is 0 Å². The molecule has 3 aromatic rings. The minimum absolute atomic E-state index is 0.218. The molecule has 1 unspecified atom stereocenters. The van der Waals surface area contributed by atoms with Gasteiger partial charge in [-0.25, -0.2) is 4.79 Å². The molecule has 2 aromatic carbocycles. The van der Waals surface area contributed by atoms with Crippen molar-refractivity contribution in [2.75, 3.05) is 32.1 Å². The van der Waals surface area contributed by atoms with Crippen LogP contribution in [-0.2, 0) is 10.3 Å². The monoisotopic (exact) mass is 419 g/mol. The molecule has 160 valence electrons. The lowest BCUT2D eigenvalue weighted by atomic mass is 9.89. The van der Waals surface area contributed by atoms with Gasteiger partial charge >= 0.3 is 6.03 Å². The highest BCUT2D eigenvalue weighted by molar-refractivity contribution is 5.99. The molecule has 4 rings (SSSR count). The fourth-order valence-corrected chi connectivity index (χ4v) is 4.01. The Balaban J connectivity index is 1.64. The minimum Gasteiger partial charge on any atom is -0.497 e. The number of carbonyl (C=O) groups is 2. The zero-order chi connectivity index (χ0) is 22.0. The van der Waals surface area contributed by atoms with Gasteiger partial charge in [0.05, 0.1) is 13.3 Å². The van der Waals surface area contributed by atoms with E-state index in [0.29, 0.717) is 24.4 Å². The van der Waals surface area contributed by atoms with Crippen LogP contribution in [0.4, 0.5) is 10.5 Å². The molecule has 1 fully saturated rings. The second kappa shape index (κ2) is 8.14. The summed E-state index contributed by atoms with van der Waals surface area (Å²) in [6, 6.07) is 14.8. The van der Waals surface area contributed by atoms with Crippen LogP contribution in [-0.4, -0.2) is 54.3 Å². The number of hydrogen-bond donors (Lipinski definition) is 2. The number of aromatic amines is 1. The molecule has 0 saturated carbocycles. The average Bonchev–Trinajstić information content (AvgIpc) is 3.48. The number of rotatable bonds is 6. The molecular formula is C23H25N5O3. The zero-order valence-corrected chi connectivity index (χ0v) is 17.8. The number of aromatic nitrogens is 2. The SMILES string of the molecule is CNC(=O)C(C)(c1cccc(OC)c1)N1CCN(c2ccc(-c3cn[nH]c3)cc2)C1=O. The highest BCUT2D eigenvalue weighted by atomic mass is 16.5. The Morgan fingerprint density at radius 3 is 2.58 bits per heavy atom. The van der Waals surface area contributed by atoms with Gasteiger partial charge in [-0.1, -0.05) is 24.3 Å². The van der Waals surface area contributed by atoms with Crippen LogP contribution in [0, 0.1) is 0 Å². The van der Waals surface area contributed by atoms with Crippen molar-refractivity contribution in [3.8, 4) is 16.9 Å². The van der Waals surface area contributed by atoms with Gasteiger partial charge in [0, 0.05) is 37.6 Å². The van der Waals surface area contributed by atoms with E-state index in [9.17, 15) is 9.59 Å². The second-order valence-electron chi connectivity index (χ2n) is 7.50. The highest BCUT2D eigenvalue weighted by Gasteiger charge is 2.48. The van der Waals surface area contributed by atoms with Gasteiger partial charge in [-0.3, -0.25) is 14.8 Å². The van der Waals surface area contributed by atoms with Crippen molar-refractivity contribution >= 4 is 17.6 Å². The van der Waals surface area contributed by atoms with Gasteiger partial charge in [0.15, 0.2) is 0 Å². The molecule has 8 heteroatoms. The molecule has 0 radical (unpaired) electrons. The minimum atomic E-state index is -1.17. The molecule has 31 heavy (non-hydrogen) atoms. The number of amides is 3. The number of anilines is 1. The molecular weight excluding hydrogens is 394 g/mol. The first-order chi connectivity index (χ1) is 15.0. The largest absolute Gasteiger partial charge is 0.497 e. The van der Waals surface area contributed by atoms with Crippen molar-refractivity contribution in [2.24, 2.45) is 0 Å². The average molecular weight is 419 g/mol. The van der Waals surface area contributed by atoms with Crippen molar-refractivity contribution in [3.63, 3.8) is 0 Å². The maximum Gasteiger partial charge on any atom is 0.325 e. The molecule has 0 bridgehead atoms. The lowest BCUT2D eigenvalue weighted by Crippen LogP contribution is -2.55. The van der Waals surface area contributed by atoms with Gasteiger partial charge in [0.1, 0.15) is 11.3 Å². The summed E-state index contributed by atoms with van der Waals surface area (Å²) in [5, 5.41) is 9.48.